The predicted octanol–water partition coefficient (Wildman–Crippen LogP) is 1.54. The summed E-state index contributed by atoms with van der Waals surface area (Å²) >= 11 is 0. The van der Waals surface area contributed by atoms with Gasteiger partial charge in [-0.15, -0.1) is 12.4 Å². The molecule has 4 nitrogen and oxygen atoms in total. The third-order valence-electron chi connectivity index (χ3n) is 0.589. The zero-order valence-corrected chi connectivity index (χ0v) is 7.62. The van der Waals surface area contributed by atoms with Gasteiger partial charge in [0, 0.05) is 0 Å². The van der Waals surface area contributed by atoms with Crippen LogP contribution in [0.2, 0.25) is 0 Å². The van der Waals surface area contributed by atoms with Gasteiger partial charge in [0.25, 0.3) is 0 Å². The first kappa shape index (κ1) is 12.9. The molecule has 0 fully saturated rings. The van der Waals surface area contributed by atoms with Crippen molar-refractivity contribution in [2.24, 2.45) is 0 Å². The van der Waals surface area contributed by atoms with E-state index >= 15 is 0 Å². The summed E-state index contributed by atoms with van der Waals surface area (Å²) in [5.41, 5.74) is -0.493. The van der Waals surface area contributed by atoms with Gasteiger partial charge in [-0.05, 0) is 20.8 Å². The Kier molecular flexibility index (Phi) is 5.80. The molecule has 0 aromatic carbocycles. The van der Waals surface area contributed by atoms with Gasteiger partial charge in [-0.2, -0.15) is 0 Å². The van der Waals surface area contributed by atoms with Crippen molar-refractivity contribution in [2.75, 3.05) is 0 Å². The van der Waals surface area contributed by atoms with E-state index in [2.05, 4.69) is 5.32 Å². The Balaban J connectivity index is 0. The van der Waals surface area contributed by atoms with Gasteiger partial charge < -0.3 is 4.74 Å². The molecule has 0 atom stereocenters. The molecule has 0 rings (SSSR count). The van der Waals surface area contributed by atoms with Crippen molar-refractivity contribution in [1.29, 1.82) is 5.41 Å². The fourth-order valence-corrected chi connectivity index (χ4v) is 0.366. The number of carbonyl (C=O) groups excluding carboxylic acids is 1. The summed E-state index contributed by atoms with van der Waals surface area (Å²) in [5, 5.41) is 8.59. The predicted molar refractivity (Wildman–Crippen MR) is 45.4 cm³/mol. The lowest BCUT2D eigenvalue weighted by molar-refractivity contribution is 0.0565. The lowest BCUT2D eigenvalue weighted by atomic mass is 10.2. The highest BCUT2D eigenvalue weighted by molar-refractivity contribution is 5.85. The average Bonchev–Trinajstić information content (AvgIpc) is 1.59. The number of nitrogens with one attached hydrogen (secondary N) is 2. The van der Waals surface area contributed by atoms with Gasteiger partial charge in [0.1, 0.15) is 5.60 Å². The fraction of sp³-hybridized carbons (Fsp3) is 0.667. The average molecular weight is 181 g/mol. The van der Waals surface area contributed by atoms with Gasteiger partial charge in [-0.25, -0.2) is 4.79 Å². The SMILES string of the molecule is CC(C)(C)OC(=O)NC=N.Cl. The molecule has 66 valence electrons. The molecule has 0 aromatic heterocycles. The molecular weight excluding hydrogens is 168 g/mol. The third-order valence-corrected chi connectivity index (χ3v) is 0.589. The number of amides is 1. The van der Waals surface area contributed by atoms with Crippen LogP contribution in [0.1, 0.15) is 20.8 Å². The molecule has 0 heterocycles. The Hall–Kier alpha value is -0.770. The van der Waals surface area contributed by atoms with E-state index in [1.54, 1.807) is 20.8 Å². The van der Waals surface area contributed by atoms with E-state index in [4.69, 9.17) is 10.1 Å². The number of rotatable bonds is 1. The summed E-state index contributed by atoms with van der Waals surface area (Å²) in [7, 11) is 0. The van der Waals surface area contributed by atoms with E-state index in [-0.39, 0.29) is 12.4 Å². The number of carbonyl (C=O) groups is 1. The molecule has 0 aliphatic rings. The molecule has 0 radical (unpaired) electrons. The molecule has 0 aliphatic carbocycles. The second kappa shape index (κ2) is 4.96. The van der Waals surface area contributed by atoms with Gasteiger partial charge in [-0.3, -0.25) is 10.7 Å². The highest BCUT2D eigenvalue weighted by Crippen LogP contribution is 2.05. The maximum absolute atomic E-state index is 10.6. The minimum Gasteiger partial charge on any atom is -0.444 e. The van der Waals surface area contributed by atoms with Crippen LogP contribution in [0.5, 0.6) is 0 Å². The number of hydrogen-bond acceptors (Lipinski definition) is 3. The summed E-state index contributed by atoms with van der Waals surface area (Å²) in [6.45, 7) is 5.28. The van der Waals surface area contributed by atoms with E-state index in [9.17, 15) is 4.79 Å². The molecular formula is C6H13ClN2O2. The van der Waals surface area contributed by atoms with Crippen LogP contribution in [0.15, 0.2) is 0 Å². The molecule has 0 aromatic rings. The Labute approximate surface area is 72.2 Å². The second-order valence-corrected chi connectivity index (χ2v) is 2.79. The Morgan fingerprint density at radius 1 is 1.55 bits per heavy atom. The van der Waals surface area contributed by atoms with Crippen molar-refractivity contribution in [1.82, 2.24) is 5.32 Å². The topological polar surface area (TPSA) is 62.2 Å². The fourth-order valence-electron chi connectivity index (χ4n) is 0.366. The smallest absolute Gasteiger partial charge is 0.412 e. The minimum absolute atomic E-state index is 0. The number of hydrogen-bond donors (Lipinski definition) is 2. The molecule has 0 saturated carbocycles. The summed E-state index contributed by atoms with van der Waals surface area (Å²) in [4.78, 5) is 10.6. The number of halogens is 1. The first-order valence-electron chi connectivity index (χ1n) is 2.94. The van der Waals surface area contributed by atoms with Crippen molar-refractivity contribution in [3.63, 3.8) is 0 Å². The lowest BCUT2D eigenvalue weighted by Gasteiger charge is -2.18. The van der Waals surface area contributed by atoms with Crippen molar-refractivity contribution >= 4 is 24.8 Å². The van der Waals surface area contributed by atoms with Crippen molar-refractivity contribution in [2.45, 2.75) is 26.4 Å². The molecule has 2 N–H and O–H groups in total. The molecule has 0 spiro atoms. The van der Waals surface area contributed by atoms with Gasteiger partial charge in [0.05, 0.1) is 6.34 Å². The van der Waals surface area contributed by atoms with E-state index < -0.39 is 11.7 Å². The summed E-state index contributed by atoms with van der Waals surface area (Å²) in [6, 6.07) is 0. The number of ether oxygens (including phenoxy) is 1. The van der Waals surface area contributed by atoms with Crippen molar-refractivity contribution in [3.05, 3.63) is 0 Å². The molecule has 0 unspecified atom stereocenters. The van der Waals surface area contributed by atoms with Crippen LogP contribution in [0.4, 0.5) is 4.79 Å². The maximum Gasteiger partial charge on any atom is 0.412 e. The van der Waals surface area contributed by atoms with Gasteiger partial charge in [-0.1, -0.05) is 0 Å². The lowest BCUT2D eigenvalue weighted by Crippen LogP contribution is -2.31. The third kappa shape index (κ3) is 9.23. The first-order chi connectivity index (χ1) is 4.45. The highest BCUT2D eigenvalue weighted by atomic mass is 35.5. The van der Waals surface area contributed by atoms with Crippen LogP contribution in [0.3, 0.4) is 0 Å². The van der Waals surface area contributed by atoms with E-state index in [1.807, 2.05) is 0 Å². The Morgan fingerprint density at radius 2 is 2.00 bits per heavy atom. The van der Waals surface area contributed by atoms with Crippen LogP contribution in [-0.4, -0.2) is 18.0 Å². The monoisotopic (exact) mass is 180 g/mol. The zero-order valence-electron chi connectivity index (χ0n) is 6.80. The molecule has 5 heteroatoms. The summed E-state index contributed by atoms with van der Waals surface area (Å²) in [6.07, 6.45) is 0.191. The normalized spacial score (nSPS) is 9.36. The van der Waals surface area contributed by atoms with Crippen molar-refractivity contribution in [3.8, 4) is 0 Å². The van der Waals surface area contributed by atoms with E-state index in [1.165, 1.54) is 0 Å². The highest BCUT2D eigenvalue weighted by Gasteiger charge is 2.14. The standard InChI is InChI=1S/C6H12N2O2.ClH/c1-6(2,3)10-5(9)8-4-7;/h4H,1-3H3,(H2,7,8,9);1H. The first-order valence-corrected chi connectivity index (χ1v) is 2.94. The van der Waals surface area contributed by atoms with Gasteiger partial charge in [0.15, 0.2) is 0 Å². The molecule has 0 aliphatic heterocycles. The van der Waals surface area contributed by atoms with Crippen LogP contribution >= 0.6 is 12.4 Å². The molecule has 1 amide bonds. The zero-order chi connectivity index (χ0) is 8.20. The quantitative estimate of drug-likeness (QED) is 0.475. The van der Waals surface area contributed by atoms with Crippen LogP contribution in [-0.2, 0) is 4.74 Å². The summed E-state index contributed by atoms with van der Waals surface area (Å²) < 4.78 is 4.78. The van der Waals surface area contributed by atoms with Crippen LogP contribution in [0.25, 0.3) is 0 Å². The summed E-state index contributed by atoms with van der Waals surface area (Å²) in [5.74, 6) is 0. The molecule has 0 saturated heterocycles. The van der Waals surface area contributed by atoms with Crippen molar-refractivity contribution < 1.29 is 9.53 Å². The van der Waals surface area contributed by atoms with E-state index in [0.29, 0.717) is 0 Å². The van der Waals surface area contributed by atoms with Crippen LogP contribution in [0, 0.1) is 5.41 Å². The maximum atomic E-state index is 10.6. The van der Waals surface area contributed by atoms with Gasteiger partial charge >= 0.3 is 6.09 Å². The van der Waals surface area contributed by atoms with E-state index in [0.717, 1.165) is 6.34 Å². The molecule has 0 bridgehead atoms. The minimum atomic E-state index is -0.595. The molecule has 11 heavy (non-hydrogen) atoms. The second-order valence-electron chi connectivity index (χ2n) is 2.79. The van der Waals surface area contributed by atoms with Gasteiger partial charge in [0.2, 0.25) is 0 Å². The Morgan fingerprint density at radius 3 is 2.27 bits per heavy atom. The number of alkyl carbamates (subject to hydrolysis) is 1. The Bertz CT molecular complexity index is 142. The van der Waals surface area contributed by atoms with Crippen LogP contribution < -0.4 is 5.32 Å². The largest absolute Gasteiger partial charge is 0.444 e.